The first kappa shape index (κ1) is 32.7. The second-order valence-corrected chi connectivity index (χ2v) is 12.1. The van der Waals surface area contributed by atoms with Crippen LogP contribution in [-0.4, -0.2) is 56.8 Å². The fourth-order valence-electron chi connectivity index (χ4n) is 6.01. The van der Waals surface area contributed by atoms with E-state index in [2.05, 4.69) is 32.9 Å². The number of fused-ring (bicyclic) bond motifs is 1. The summed E-state index contributed by atoms with van der Waals surface area (Å²) in [5, 5.41) is 16.9. The van der Waals surface area contributed by atoms with Gasteiger partial charge in [-0.15, -0.1) is 0 Å². The third-order valence-corrected chi connectivity index (χ3v) is 9.00. The van der Waals surface area contributed by atoms with Gasteiger partial charge in [0.2, 0.25) is 5.88 Å². The van der Waals surface area contributed by atoms with E-state index in [1.807, 2.05) is 40.1 Å². The zero-order valence-electron chi connectivity index (χ0n) is 26.5. The molecule has 2 unspecified atom stereocenters. The fraction of sp³-hybridized carbons (Fsp3) is 0.389. The SMILES string of the molecule is CCCCN(CCCC)C(=O)c1cc(OC)n(-c2ccc(-c3cccc(F)c3Cl)cc2C(O)N2Cc3ccccc3CC2C)n1. The average molecular weight is 633 g/mol. The summed E-state index contributed by atoms with van der Waals surface area (Å²) < 4.78 is 21.8. The molecule has 1 aromatic heterocycles. The van der Waals surface area contributed by atoms with Crippen LogP contribution in [0, 0.1) is 5.82 Å². The number of hydrogen-bond donors (Lipinski definition) is 1. The zero-order chi connectivity index (χ0) is 32.1. The Morgan fingerprint density at radius 2 is 1.78 bits per heavy atom. The highest BCUT2D eigenvalue weighted by atomic mass is 35.5. The number of nitrogens with zero attached hydrogens (tertiary/aromatic N) is 4. The molecule has 0 spiro atoms. The Morgan fingerprint density at radius 3 is 2.47 bits per heavy atom. The van der Waals surface area contributed by atoms with Gasteiger partial charge in [0.25, 0.3) is 5.91 Å². The smallest absolute Gasteiger partial charge is 0.274 e. The molecule has 1 aliphatic rings. The lowest BCUT2D eigenvalue weighted by atomic mass is 9.93. The highest BCUT2D eigenvalue weighted by Crippen LogP contribution is 2.38. The first-order valence-corrected chi connectivity index (χ1v) is 16.2. The van der Waals surface area contributed by atoms with Crippen molar-refractivity contribution in [2.75, 3.05) is 20.2 Å². The molecular formula is C36H42ClFN4O3. The summed E-state index contributed by atoms with van der Waals surface area (Å²) in [6.07, 6.45) is 3.52. The number of hydrogen-bond acceptors (Lipinski definition) is 5. The number of carbonyl (C=O) groups excluding carboxylic acids is 1. The normalized spacial score (nSPS) is 15.5. The summed E-state index contributed by atoms with van der Waals surface area (Å²) in [5.74, 6) is -0.305. The van der Waals surface area contributed by atoms with Gasteiger partial charge in [-0.25, -0.2) is 4.39 Å². The number of ether oxygens (including phenoxy) is 1. The molecule has 0 radical (unpaired) electrons. The molecule has 2 atom stereocenters. The molecule has 1 amide bonds. The van der Waals surface area contributed by atoms with Gasteiger partial charge in [0.15, 0.2) is 5.69 Å². The minimum Gasteiger partial charge on any atom is -0.481 e. The second-order valence-electron chi connectivity index (χ2n) is 11.7. The first-order valence-electron chi connectivity index (χ1n) is 15.8. The number of amides is 1. The Labute approximate surface area is 270 Å². The first-order chi connectivity index (χ1) is 21.8. The molecule has 45 heavy (non-hydrogen) atoms. The summed E-state index contributed by atoms with van der Waals surface area (Å²) in [6.45, 7) is 8.17. The third kappa shape index (κ3) is 6.93. The summed E-state index contributed by atoms with van der Waals surface area (Å²) in [6, 6.07) is 20.1. The lowest BCUT2D eigenvalue weighted by Crippen LogP contribution is -2.41. The van der Waals surface area contributed by atoms with Crippen molar-refractivity contribution in [3.05, 3.63) is 100.0 Å². The topological polar surface area (TPSA) is 70.8 Å². The van der Waals surface area contributed by atoms with Crippen molar-refractivity contribution >= 4 is 17.5 Å². The predicted molar refractivity (Wildman–Crippen MR) is 176 cm³/mol. The number of unbranched alkanes of at least 4 members (excludes halogenated alkanes) is 2. The van der Waals surface area contributed by atoms with E-state index in [0.717, 1.165) is 37.7 Å². The largest absolute Gasteiger partial charge is 0.481 e. The van der Waals surface area contributed by atoms with Crippen LogP contribution in [0.25, 0.3) is 16.8 Å². The van der Waals surface area contributed by atoms with Crippen LogP contribution >= 0.6 is 11.6 Å². The number of benzene rings is 3. The lowest BCUT2D eigenvalue weighted by molar-refractivity contribution is -0.0345. The Hall–Kier alpha value is -3.72. The number of halogens is 2. The molecule has 9 heteroatoms. The van der Waals surface area contributed by atoms with Crippen molar-refractivity contribution < 1.29 is 19.0 Å². The molecule has 0 fully saturated rings. The molecule has 238 valence electrons. The third-order valence-electron chi connectivity index (χ3n) is 8.62. The quantitative estimate of drug-likeness (QED) is 0.172. The molecule has 1 N–H and O–H groups in total. The Morgan fingerprint density at radius 1 is 1.07 bits per heavy atom. The predicted octanol–water partition coefficient (Wildman–Crippen LogP) is 7.82. The number of aliphatic hydroxyl groups is 1. The molecule has 7 nitrogen and oxygen atoms in total. The Kier molecular flexibility index (Phi) is 10.6. The molecule has 5 rings (SSSR count). The van der Waals surface area contributed by atoms with E-state index < -0.39 is 12.0 Å². The number of methoxy groups -OCH3 is 1. The standard InChI is InChI=1S/C36H42ClFN4O3/c1-5-7-18-40(19-8-6-2)36(44)31-22-33(45-4)42(39-31)32-17-16-26(28-14-11-15-30(38)34(28)37)21-29(32)35(43)41-23-27-13-10-9-12-25(27)20-24(41)3/h9-17,21-22,24,35,43H,5-8,18-20,23H2,1-4H3. The van der Waals surface area contributed by atoms with Crippen molar-refractivity contribution in [2.24, 2.45) is 0 Å². The average Bonchev–Trinajstić information content (AvgIpc) is 3.49. The summed E-state index contributed by atoms with van der Waals surface area (Å²) in [4.78, 5) is 17.6. The summed E-state index contributed by atoms with van der Waals surface area (Å²) >= 11 is 6.40. The van der Waals surface area contributed by atoms with Crippen LogP contribution in [0.3, 0.4) is 0 Å². The van der Waals surface area contributed by atoms with Crippen LogP contribution in [0.1, 0.15) is 79.9 Å². The van der Waals surface area contributed by atoms with E-state index in [1.165, 1.54) is 18.7 Å². The molecule has 4 aromatic rings. The minimum atomic E-state index is -1.05. The molecule has 0 aliphatic carbocycles. The second kappa shape index (κ2) is 14.6. The van der Waals surface area contributed by atoms with E-state index in [9.17, 15) is 14.3 Å². The molecule has 2 heterocycles. The van der Waals surface area contributed by atoms with Crippen molar-refractivity contribution in [1.82, 2.24) is 19.6 Å². The van der Waals surface area contributed by atoms with Crippen LogP contribution in [0.4, 0.5) is 4.39 Å². The Balaban J connectivity index is 1.60. The molecule has 0 saturated heterocycles. The number of rotatable bonds is 12. The van der Waals surface area contributed by atoms with Crippen molar-refractivity contribution in [3.63, 3.8) is 0 Å². The van der Waals surface area contributed by atoms with Gasteiger partial charge in [-0.05, 0) is 61.1 Å². The van der Waals surface area contributed by atoms with E-state index in [4.69, 9.17) is 21.4 Å². The lowest BCUT2D eigenvalue weighted by Gasteiger charge is -2.38. The number of aliphatic hydroxyl groups excluding tert-OH is 1. The van der Waals surface area contributed by atoms with Crippen molar-refractivity contribution in [3.8, 4) is 22.7 Å². The molecule has 0 bridgehead atoms. The molecule has 3 aromatic carbocycles. The van der Waals surface area contributed by atoms with Gasteiger partial charge in [-0.1, -0.05) is 80.8 Å². The van der Waals surface area contributed by atoms with Crippen LogP contribution in [0.15, 0.2) is 66.7 Å². The highest BCUT2D eigenvalue weighted by Gasteiger charge is 2.32. The number of aromatic nitrogens is 2. The van der Waals surface area contributed by atoms with Gasteiger partial charge >= 0.3 is 0 Å². The fourth-order valence-corrected chi connectivity index (χ4v) is 6.25. The van der Waals surface area contributed by atoms with Gasteiger partial charge < -0.3 is 14.7 Å². The monoisotopic (exact) mass is 632 g/mol. The maximum atomic E-state index is 14.5. The molecule has 1 aliphatic heterocycles. The van der Waals surface area contributed by atoms with E-state index >= 15 is 0 Å². The zero-order valence-corrected chi connectivity index (χ0v) is 27.2. The highest BCUT2D eigenvalue weighted by molar-refractivity contribution is 6.33. The summed E-state index contributed by atoms with van der Waals surface area (Å²) in [5.41, 5.74) is 4.94. The molecule has 0 saturated carbocycles. The van der Waals surface area contributed by atoms with Crippen molar-refractivity contribution in [2.45, 2.75) is 71.7 Å². The van der Waals surface area contributed by atoms with E-state index in [0.29, 0.717) is 47.9 Å². The maximum Gasteiger partial charge on any atom is 0.274 e. The van der Waals surface area contributed by atoms with Crippen LogP contribution in [0.2, 0.25) is 5.02 Å². The Bertz CT molecular complexity index is 1630. The summed E-state index contributed by atoms with van der Waals surface area (Å²) in [7, 11) is 1.54. The van der Waals surface area contributed by atoms with Gasteiger partial charge in [0.05, 0.1) is 17.8 Å². The maximum absolute atomic E-state index is 14.5. The van der Waals surface area contributed by atoms with Crippen LogP contribution in [0.5, 0.6) is 5.88 Å². The van der Waals surface area contributed by atoms with Crippen LogP contribution in [-0.2, 0) is 13.0 Å². The van der Waals surface area contributed by atoms with Gasteiger partial charge in [-0.2, -0.15) is 9.78 Å². The van der Waals surface area contributed by atoms with Crippen molar-refractivity contribution in [1.29, 1.82) is 0 Å². The van der Waals surface area contributed by atoms with E-state index in [1.54, 1.807) is 22.9 Å². The minimum absolute atomic E-state index is 0.00904. The van der Waals surface area contributed by atoms with Crippen LogP contribution < -0.4 is 4.74 Å². The van der Waals surface area contributed by atoms with Gasteiger partial charge in [0.1, 0.15) is 12.0 Å². The molecular weight excluding hydrogens is 591 g/mol. The van der Waals surface area contributed by atoms with Gasteiger partial charge in [0, 0.05) is 42.9 Å². The van der Waals surface area contributed by atoms with Gasteiger partial charge in [-0.3, -0.25) is 9.69 Å². The number of carbonyl (C=O) groups is 1. The van der Waals surface area contributed by atoms with E-state index in [-0.39, 0.29) is 22.7 Å².